The van der Waals surface area contributed by atoms with Crippen molar-refractivity contribution in [1.82, 2.24) is 24.9 Å². The summed E-state index contributed by atoms with van der Waals surface area (Å²) in [7, 11) is 0. The fraction of sp³-hybridized carbons (Fsp3) is 0.696. The summed E-state index contributed by atoms with van der Waals surface area (Å²) in [6.07, 6.45) is 0.847. The van der Waals surface area contributed by atoms with Gasteiger partial charge in [-0.1, -0.05) is 60.7 Å². The van der Waals surface area contributed by atoms with Gasteiger partial charge >= 0.3 is 36.5 Å². The Bertz CT molecular complexity index is 2130. The summed E-state index contributed by atoms with van der Waals surface area (Å²) in [5.74, 6) is -1.28. The molecule has 4 atom stereocenters. The maximum Gasteiger partial charge on any atom is 0.471 e. The number of ether oxygens (including phenoxy) is 4. The van der Waals surface area contributed by atoms with Crippen molar-refractivity contribution >= 4 is 30.3 Å². The number of alkyl halides is 3. The molecule has 6 rings (SSSR count). The number of halogens is 3. The highest BCUT2D eigenvalue weighted by Gasteiger charge is 2.46. The van der Waals surface area contributed by atoms with Gasteiger partial charge in [0.25, 0.3) is 0 Å². The van der Waals surface area contributed by atoms with Gasteiger partial charge < -0.3 is 49.6 Å². The molecule has 0 bridgehead atoms. The minimum absolute atomic E-state index is 0.0564. The number of nitrogens with one attached hydrogen (secondary N) is 1. The van der Waals surface area contributed by atoms with Gasteiger partial charge in [-0.25, -0.2) is 19.2 Å². The van der Waals surface area contributed by atoms with Crippen molar-refractivity contribution in [2.75, 3.05) is 39.3 Å². The molecule has 0 radical (unpaired) electrons. The molecular formula is C56H85F3N6O9. The zero-order valence-electron chi connectivity index (χ0n) is 45.6. The highest BCUT2D eigenvalue weighted by atomic mass is 19.4. The van der Waals surface area contributed by atoms with Crippen LogP contribution >= 0.6 is 0 Å². The van der Waals surface area contributed by atoms with Crippen LogP contribution in [0.15, 0.2) is 60.7 Å². The first-order valence-corrected chi connectivity index (χ1v) is 26.6. The largest absolute Gasteiger partial charge is 0.471 e. The standard InChI is InChI=1S/C29H42F3N3O5.C27H43N3O4/c1-27(2,3)40-26(38)35-18-21(17-28(35,4)5)11-12-23(33-24(36)29(30,31)32)22-13-15-34(16-14-22)25(37)39-19-20-9-7-6-8-10-20;1-26(2,3)34-25(32)30-18-21(17-27(30,4)5)11-12-23(28)22-13-15-29(16-14-22)24(31)33-19-20-9-7-6-8-10-20/h6-10,21-23H,11-19H2,1-5H3,(H,33,36);6-10,21-23H,11-19,28H2,1-5H3/t2*21-,23?/m00/s1. The first-order valence-electron chi connectivity index (χ1n) is 26.6. The lowest BCUT2D eigenvalue weighted by atomic mass is 9.84. The number of carbonyl (C=O) groups excluding carboxylic acids is 5. The van der Waals surface area contributed by atoms with Crippen molar-refractivity contribution in [3.05, 3.63) is 71.8 Å². The molecule has 4 aliphatic rings. The number of rotatable bonds is 13. The number of nitrogens with zero attached hydrogens (tertiary/aromatic N) is 4. The normalized spacial score (nSPS) is 21.2. The van der Waals surface area contributed by atoms with Crippen LogP contribution in [0, 0.1) is 23.7 Å². The number of amides is 5. The van der Waals surface area contributed by atoms with Crippen LogP contribution in [0.25, 0.3) is 0 Å². The van der Waals surface area contributed by atoms with Crippen molar-refractivity contribution in [3.63, 3.8) is 0 Å². The topological polar surface area (TPSA) is 173 Å². The van der Waals surface area contributed by atoms with E-state index in [9.17, 15) is 37.1 Å². The van der Waals surface area contributed by atoms with E-state index in [-0.39, 0.29) is 42.2 Å². The molecule has 414 valence electrons. The third kappa shape index (κ3) is 18.5. The lowest BCUT2D eigenvalue weighted by Crippen LogP contribution is -2.50. The average Bonchev–Trinajstić information content (AvgIpc) is 3.82. The third-order valence-corrected chi connectivity index (χ3v) is 14.7. The molecule has 18 heteroatoms. The smallest absolute Gasteiger partial charge is 0.445 e. The Hall–Kier alpha value is -5.26. The number of nitrogens with two attached hydrogens (primary N) is 1. The summed E-state index contributed by atoms with van der Waals surface area (Å²) >= 11 is 0. The van der Waals surface area contributed by atoms with Crippen LogP contribution < -0.4 is 11.1 Å². The SMILES string of the molecule is CC(C)(C)OC(=O)N1C[C@@H](CCC(N)C2CCN(C(=O)OCc3ccccc3)CC2)CC1(C)C.CC(C)(C)OC(=O)N1C[C@@H](CCC(NC(=O)C(F)(F)F)C2CCN(C(=O)OCc3ccccc3)CC2)CC1(C)C. The van der Waals surface area contributed by atoms with Crippen molar-refractivity contribution in [2.45, 2.75) is 187 Å². The van der Waals surface area contributed by atoms with Crippen LogP contribution in [-0.4, -0.2) is 130 Å². The summed E-state index contributed by atoms with van der Waals surface area (Å²) in [6.45, 7) is 22.9. The fourth-order valence-electron chi connectivity index (χ4n) is 10.8. The molecular weight excluding hydrogens is 958 g/mol. The van der Waals surface area contributed by atoms with E-state index in [4.69, 9.17) is 24.7 Å². The van der Waals surface area contributed by atoms with Gasteiger partial charge in [0.15, 0.2) is 0 Å². The molecule has 2 unspecified atom stereocenters. The Balaban J connectivity index is 0.000000278. The van der Waals surface area contributed by atoms with Crippen molar-refractivity contribution < 1.29 is 56.1 Å². The molecule has 2 aromatic carbocycles. The Morgan fingerprint density at radius 3 is 1.36 bits per heavy atom. The molecule has 4 aliphatic heterocycles. The molecule has 0 aromatic heterocycles. The summed E-state index contributed by atoms with van der Waals surface area (Å²) in [5, 5.41) is 2.22. The highest BCUT2D eigenvalue weighted by molar-refractivity contribution is 5.82. The van der Waals surface area contributed by atoms with Crippen molar-refractivity contribution in [2.24, 2.45) is 29.4 Å². The van der Waals surface area contributed by atoms with Gasteiger partial charge in [-0.2, -0.15) is 13.2 Å². The zero-order valence-corrected chi connectivity index (χ0v) is 45.6. The summed E-state index contributed by atoms with van der Waals surface area (Å²) in [4.78, 5) is 69.2. The van der Waals surface area contributed by atoms with Crippen LogP contribution in [0.4, 0.5) is 32.3 Å². The van der Waals surface area contributed by atoms with E-state index in [1.54, 1.807) is 35.5 Å². The Morgan fingerprint density at radius 1 is 0.608 bits per heavy atom. The monoisotopic (exact) mass is 1040 g/mol. The average molecular weight is 1040 g/mol. The number of hydrogen-bond donors (Lipinski definition) is 2. The zero-order chi connectivity index (χ0) is 54.6. The summed E-state index contributed by atoms with van der Waals surface area (Å²) in [6, 6.07) is 18.4. The van der Waals surface area contributed by atoms with E-state index in [0.717, 1.165) is 49.8 Å². The minimum atomic E-state index is -4.98. The number of benzene rings is 2. The molecule has 15 nitrogen and oxygen atoms in total. The van der Waals surface area contributed by atoms with Gasteiger partial charge in [-0.15, -0.1) is 0 Å². The van der Waals surface area contributed by atoms with E-state index >= 15 is 0 Å². The Morgan fingerprint density at radius 2 is 0.986 bits per heavy atom. The van der Waals surface area contributed by atoms with Crippen LogP contribution in [-0.2, 0) is 37.0 Å². The highest BCUT2D eigenvalue weighted by Crippen LogP contribution is 2.39. The maximum absolute atomic E-state index is 13.1. The van der Waals surface area contributed by atoms with Crippen LogP contribution in [0.2, 0.25) is 0 Å². The second-order valence-electron chi connectivity index (χ2n) is 24.1. The fourth-order valence-corrected chi connectivity index (χ4v) is 10.8. The van der Waals surface area contributed by atoms with Crippen LogP contribution in [0.3, 0.4) is 0 Å². The number of hydrogen-bond acceptors (Lipinski definition) is 10. The third-order valence-electron chi connectivity index (χ3n) is 14.7. The van der Waals surface area contributed by atoms with Gasteiger partial charge in [-0.3, -0.25) is 4.79 Å². The van der Waals surface area contributed by atoms with E-state index in [0.29, 0.717) is 83.3 Å². The lowest BCUT2D eigenvalue weighted by Gasteiger charge is -2.36. The van der Waals surface area contributed by atoms with Gasteiger partial charge in [0.2, 0.25) is 0 Å². The first-order chi connectivity index (χ1) is 34.5. The van der Waals surface area contributed by atoms with Crippen LogP contribution in [0.5, 0.6) is 0 Å². The van der Waals surface area contributed by atoms with E-state index in [2.05, 4.69) is 19.2 Å². The van der Waals surface area contributed by atoms with Gasteiger partial charge in [-0.05, 0) is 168 Å². The summed E-state index contributed by atoms with van der Waals surface area (Å²) in [5.41, 5.74) is 6.66. The molecule has 4 saturated heterocycles. The lowest BCUT2D eigenvalue weighted by molar-refractivity contribution is -0.175. The summed E-state index contributed by atoms with van der Waals surface area (Å²) < 4.78 is 61.5. The molecule has 4 fully saturated rings. The quantitative estimate of drug-likeness (QED) is 0.184. The first kappa shape index (κ1) is 59.6. The number of piperidine rings is 2. The van der Waals surface area contributed by atoms with Crippen molar-refractivity contribution in [1.29, 1.82) is 0 Å². The Kier molecular flexibility index (Phi) is 20.6. The molecule has 4 heterocycles. The molecule has 2 aromatic rings. The molecule has 0 spiro atoms. The second-order valence-corrected chi connectivity index (χ2v) is 24.1. The minimum Gasteiger partial charge on any atom is -0.445 e. The molecule has 0 aliphatic carbocycles. The van der Waals surface area contributed by atoms with Gasteiger partial charge in [0.05, 0.1) is 0 Å². The van der Waals surface area contributed by atoms with Gasteiger partial charge in [0, 0.05) is 62.4 Å². The molecule has 0 saturated carbocycles. The van der Waals surface area contributed by atoms with E-state index in [1.165, 1.54) is 0 Å². The van der Waals surface area contributed by atoms with Crippen molar-refractivity contribution in [3.8, 4) is 0 Å². The molecule has 74 heavy (non-hydrogen) atoms. The Labute approximate surface area is 437 Å². The van der Waals surface area contributed by atoms with E-state index < -0.39 is 47.1 Å². The number of carbonyl (C=O) groups is 5. The predicted molar refractivity (Wildman–Crippen MR) is 277 cm³/mol. The van der Waals surface area contributed by atoms with Gasteiger partial charge in [0.1, 0.15) is 24.4 Å². The van der Waals surface area contributed by atoms with Crippen LogP contribution in [0.1, 0.15) is 145 Å². The van der Waals surface area contributed by atoms with E-state index in [1.807, 2.05) is 100 Å². The maximum atomic E-state index is 13.1. The molecule has 5 amide bonds. The predicted octanol–water partition coefficient (Wildman–Crippen LogP) is 11.1. The second kappa shape index (κ2) is 25.5. The number of likely N-dealkylation sites (tertiary alicyclic amines) is 4. The molecule has 3 N–H and O–H groups in total.